The number of amides is 1. The Morgan fingerprint density at radius 2 is 1.63 bits per heavy atom. The van der Waals surface area contributed by atoms with Crippen molar-refractivity contribution < 1.29 is 19.1 Å². The molecule has 30 heavy (non-hydrogen) atoms. The van der Waals surface area contributed by atoms with Crippen molar-refractivity contribution in [2.24, 2.45) is 5.10 Å². The Labute approximate surface area is 186 Å². The first-order valence-corrected chi connectivity index (χ1v) is 9.95. The van der Waals surface area contributed by atoms with Gasteiger partial charge in [-0.25, -0.2) is 10.2 Å². The van der Waals surface area contributed by atoms with Crippen LogP contribution in [0.25, 0.3) is 0 Å². The molecule has 8 heteroatoms. The molecule has 0 aliphatic carbocycles. The maximum atomic E-state index is 12.2. The first kappa shape index (κ1) is 21.5. The van der Waals surface area contributed by atoms with E-state index in [4.69, 9.17) is 21.1 Å². The summed E-state index contributed by atoms with van der Waals surface area (Å²) < 4.78 is 11.6. The number of benzene rings is 3. The fraction of sp³-hybridized carbons (Fsp3) is 0.0455. The van der Waals surface area contributed by atoms with Gasteiger partial charge in [0.25, 0.3) is 5.91 Å². The molecule has 0 fully saturated rings. The summed E-state index contributed by atoms with van der Waals surface area (Å²) in [6.07, 6.45) is 1.47. The number of halogens is 2. The number of hydrogen-bond donors (Lipinski definition) is 1. The summed E-state index contributed by atoms with van der Waals surface area (Å²) in [6, 6.07) is 20.4. The Hall–Kier alpha value is -3.16. The lowest BCUT2D eigenvalue weighted by atomic mass is 10.2. The van der Waals surface area contributed by atoms with Crippen LogP contribution in [0.2, 0.25) is 5.02 Å². The number of esters is 1. The number of nitrogens with zero attached hydrogens (tertiary/aromatic N) is 1. The normalized spacial score (nSPS) is 10.6. The summed E-state index contributed by atoms with van der Waals surface area (Å²) in [6.45, 7) is -0.157. The van der Waals surface area contributed by atoms with Gasteiger partial charge in [-0.2, -0.15) is 5.10 Å². The van der Waals surface area contributed by atoms with E-state index in [9.17, 15) is 9.59 Å². The molecular weight excluding hydrogens is 472 g/mol. The van der Waals surface area contributed by atoms with E-state index in [1.165, 1.54) is 6.21 Å². The van der Waals surface area contributed by atoms with Gasteiger partial charge in [-0.1, -0.05) is 39.7 Å². The van der Waals surface area contributed by atoms with E-state index in [2.05, 4.69) is 26.5 Å². The van der Waals surface area contributed by atoms with Gasteiger partial charge in [0.2, 0.25) is 0 Å². The summed E-state index contributed by atoms with van der Waals surface area (Å²) in [7, 11) is 0. The minimum atomic E-state index is -0.542. The molecule has 0 aromatic heterocycles. The molecule has 0 heterocycles. The third kappa shape index (κ3) is 6.43. The Kier molecular flexibility index (Phi) is 7.59. The molecule has 152 valence electrons. The van der Waals surface area contributed by atoms with Crippen molar-refractivity contribution in [3.8, 4) is 11.5 Å². The van der Waals surface area contributed by atoms with Gasteiger partial charge in [-0.05, 0) is 66.2 Å². The molecular formula is C22H16BrClN2O4. The fourth-order valence-corrected chi connectivity index (χ4v) is 2.78. The molecule has 3 aromatic rings. The monoisotopic (exact) mass is 486 g/mol. The molecule has 0 unspecified atom stereocenters. The lowest BCUT2D eigenvalue weighted by Crippen LogP contribution is -2.24. The van der Waals surface area contributed by atoms with Crippen LogP contribution >= 0.6 is 27.5 Å². The van der Waals surface area contributed by atoms with Crippen LogP contribution in [0.15, 0.2) is 82.4 Å². The van der Waals surface area contributed by atoms with Gasteiger partial charge >= 0.3 is 5.97 Å². The zero-order valence-electron chi connectivity index (χ0n) is 15.5. The summed E-state index contributed by atoms with van der Waals surface area (Å²) in [5, 5.41) is 4.21. The van der Waals surface area contributed by atoms with Crippen molar-refractivity contribution in [2.75, 3.05) is 6.61 Å². The molecule has 0 aliphatic heterocycles. The predicted octanol–water partition coefficient (Wildman–Crippen LogP) is 4.85. The van der Waals surface area contributed by atoms with Gasteiger partial charge in [0.15, 0.2) is 6.61 Å². The van der Waals surface area contributed by atoms with Crippen molar-refractivity contribution in [3.63, 3.8) is 0 Å². The van der Waals surface area contributed by atoms with E-state index in [1.807, 2.05) is 12.1 Å². The number of hydrogen-bond acceptors (Lipinski definition) is 5. The Bertz CT molecular complexity index is 1050. The highest BCUT2D eigenvalue weighted by Gasteiger charge is 2.11. The van der Waals surface area contributed by atoms with E-state index in [0.29, 0.717) is 22.1 Å². The van der Waals surface area contributed by atoms with Crippen LogP contribution in [0.4, 0.5) is 0 Å². The SMILES string of the molecule is O=C(COc1ccc(Br)cc1)N/N=C/c1ccc(OC(=O)c2ccccc2Cl)cc1. The number of ether oxygens (including phenoxy) is 2. The summed E-state index contributed by atoms with van der Waals surface area (Å²) in [4.78, 5) is 23.9. The van der Waals surface area contributed by atoms with Gasteiger partial charge < -0.3 is 9.47 Å². The summed E-state index contributed by atoms with van der Waals surface area (Å²) >= 11 is 9.32. The molecule has 0 bridgehead atoms. The first-order chi connectivity index (χ1) is 14.5. The molecule has 0 atom stereocenters. The maximum absolute atomic E-state index is 12.2. The van der Waals surface area contributed by atoms with Gasteiger partial charge in [0, 0.05) is 4.47 Å². The lowest BCUT2D eigenvalue weighted by Gasteiger charge is -2.06. The van der Waals surface area contributed by atoms with Crippen molar-refractivity contribution in [3.05, 3.63) is 93.4 Å². The number of carbonyl (C=O) groups is 2. The minimum Gasteiger partial charge on any atom is -0.484 e. The molecule has 3 aromatic carbocycles. The number of hydrazone groups is 1. The first-order valence-electron chi connectivity index (χ1n) is 8.78. The third-order valence-corrected chi connectivity index (χ3v) is 4.63. The summed E-state index contributed by atoms with van der Waals surface area (Å²) in [5.41, 5.74) is 3.38. The van der Waals surface area contributed by atoms with E-state index in [-0.39, 0.29) is 18.1 Å². The highest BCUT2D eigenvalue weighted by atomic mass is 79.9. The third-order valence-electron chi connectivity index (χ3n) is 3.77. The van der Waals surface area contributed by atoms with E-state index in [1.54, 1.807) is 60.7 Å². The molecule has 0 aliphatic rings. The molecule has 1 amide bonds. The second kappa shape index (κ2) is 10.6. The van der Waals surface area contributed by atoms with E-state index >= 15 is 0 Å². The van der Waals surface area contributed by atoms with Gasteiger partial charge in [0.1, 0.15) is 11.5 Å². The van der Waals surface area contributed by atoms with Crippen LogP contribution in [0, 0.1) is 0 Å². The highest BCUT2D eigenvalue weighted by Crippen LogP contribution is 2.19. The molecule has 0 radical (unpaired) electrons. The van der Waals surface area contributed by atoms with Gasteiger partial charge in [-0.15, -0.1) is 0 Å². The predicted molar refractivity (Wildman–Crippen MR) is 118 cm³/mol. The van der Waals surface area contributed by atoms with Crippen molar-refractivity contribution in [1.82, 2.24) is 5.43 Å². The van der Waals surface area contributed by atoms with Gasteiger partial charge in [0.05, 0.1) is 16.8 Å². The van der Waals surface area contributed by atoms with E-state index < -0.39 is 5.97 Å². The Morgan fingerprint density at radius 1 is 0.967 bits per heavy atom. The molecule has 0 spiro atoms. The van der Waals surface area contributed by atoms with E-state index in [0.717, 1.165) is 4.47 Å². The number of carbonyl (C=O) groups excluding carboxylic acids is 2. The second-order valence-electron chi connectivity index (χ2n) is 5.97. The molecule has 1 N–H and O–H groups in total. The van der Waals surface area contributed by atoms with Crippen LogP contribution in [0.3, 0.4) is 0 Å². The van der Waals surface area contributed by atoms with Crippen molar-refractivity contribution in [2.45, 2.75) is 0 Å². The van der Waals surface area contributed by atoms with Gasteiger partial charge in [-0.3, -0.25) is 4.79 Å². The topological polar surface area (TPSA) is 77.0 Å². The van der Waals surface area contributed by atoms with Crippen LogP contribution in [-0.4, -0.2) is 24.7 Å². The Balaban J connectivity index is 1.47. The largest absolute Gasteiger partial charge is 0.484 e. The molecule has 0 saturated carbocycles. The lowest BCUT2D eigenvalue weighted by molar-refractivity contribution is -0.123. The minimum absolute atomic E-state index is 0.157. The van der Waals surface area contributed by atoms with Crippen LogP contribution < -0.4 is 14.9 Å². The number of nitrogens with one attached hydrogen (secondary N) is 1. The zero-order chi connectivity index (χ0) is 21.3. The quantitative estimate of drug-likeness (QED) is 0.224. The second-order valence-corrected chi connectivity index (χ2v) is 7.30. The number of rotatable bonds is 7. The Morgan fingerprint density at radius 3 is 2.33 bits per heavy atom. The molecule has 0 saturated heterocycles. The highest BCUT2D eigenvalue weighted by molar-refractivity contribution is 9.10. The zero-order valence-corrected chi connectivity index (χ0v) is 17.9. The van der Waals surface area contributed by atoms with Crippen LogP contribution in [-0.2, 0) is 4.79 Å². The average Bonchev–Trinajstić information content (AvgIpc) is 2.75. The molecule has 3 rings (SSSR count). The van der Waals surface area contributed by atoms with Crippen LogP contribution in [0.1, 0.15) is 15.9 Å². The van der Waals surface area contributed by atoms with Crippen molar-refractivity contribution in [1.29, 1.82) is 0 Å². The van der Waals surface area contributed by atoms with Crippen LogP contribution in [0.5, 0.6) is 11.5 Å². The maximum Gasteiger partial charge on any atom is 0.345 e. The smallest absolute Gasteiger partial charge is 0.345 e. The fourth-order valence-electron chi connectivity index (χ4n) is 2.30. The molecule has 6 nitrogen and oxygen atoms in total. The average molecular weight is 488 g/mol. The van der Waals surface area contributed by atoms with Crippen molar-refractivity contribution >= 4 is 45.6 Å². The standard InChI is InChI=1S/C22H16BrClN2O4/c23-16-7-11-17(12-8-16)29-14-21(27)26-25-13-15-5-9-18(10-6-15)30-22(28)19-3-1-2-4-20(19)24/h1-13H,14H2,(H,26,27)/b25-13+. The summed E-state index contributed by atoms with van der Waals surface area (Å²) in [5.74, 6) is 0.0165.